The van der Waals surface area contributed by atoms with Crippen molar-refractivity contribution >= 4 is 35.0 Å². The quantitative estimate of drug-likeness (QED) is 0.315. The number of aliphatic hydroxyl groups is 1. The Balaban J connectivity index is 1.82. The van der Waals surface area contributed by atoms with Crippen LogP contribution >= 0.6 is 23.2 Å². The van der Waals surface area contributed by atoms with Gasteiger partial charge in [-0.3, -0.25) is 4.79 Å². The van der Waals surface area contributed by atoms with E-state index in [1.54, 1.807) is 0 Å². The van der Waals surface area contributed by atoms with Crippen LogP contribution < -0.4 is 10.6 Å². The minimum absolute atomic E-state index is 0.118. The topological polar surface area (TPSA) is 91.6 Å². The van der Waals surface area contributed by atoms with Gasteiger partial charge in [-0.25, -0.2) is 9.18 Å². The Kier molecular flexibility index (Phi) is 6.09. The molecule has 3 N–H and O–H groups in total. The SMILES string of the molecule is O=C1N[C@@H](c2ccc(-c3ccc(Cl)cc3Cl)o2)[C@@H](C(=O)c2ccc(F)cc2)[C@@](O)(C(F)(F)F)N1. The average molecular weight is 517 g/mol. The highest BCUT2D eigenvalue weighted by Gasteiger charge is 2.66. The molecule has 6 nitrogen and oxygen atoms in total. The molecule has 3 atom stereocenters. The Labute approximate surface area is 199 Å². The highest BCUT2D eigenvalue weighted by molar-refractivity contribution is 6.36. The van der Waals surface area contributed by atoms with Crippen LogP contribution in [-0.4, -0.2) is 28.8 Å². The van der Waals surface area contributed by atoms with E-state index in [2.05, 4.69) is 5.32 Å². The first-order valence-electron chi connectivity index (χ1n) is 9.63. The lowest BCUT2D eigenvalue weighted by Gasteiger charge is -2.44. The van der Waals surface area contributed by atoms with E-state index in [4.69, 9.17) is 27.6 Å². The van der Waals surface area contributed by atoms with Gasteiger partial charge in [0.1, 0.15) is 29.3 Å². The fourth-order valence-electron chi connectivity index (χ4n) is 3.72. The second kappa shape index (κ2) is 8.61. The molecule has 1 saturated heterocycles. The van der Waals surface area contributed by atoms with Crippen molar-refractivity contribution < 1.29 is 36.7 Å². The summed E-state index contributed by atoms with van der Waals surface area (Å²) in [7, 11) is 0. The molecular formula is C22H14Cl2F4N2O4. The molecule has 12 heteroatoms. The number of hydrogen-bond acceptors (Lipinski definition) is 4. The Hall–Kier alpha value is -3.08. The Morgan fingerprint density at radius 1 is 1.06 bits per heavy atom. The van der Waals surface area contributed by atoms with Gasteiger partial charge >= 0.3 is 12.2 Å². The molecule has 0 aliphatic carbocycles. The molecule has 178 valence electrons. The van der Waals surface area contributed by atoms with Gasteiger partial charge in [-0.2, -0.15) is 13.2 Å². The molecule has 0 radical (unpaired) electrons. The molecule has 2 aromatic carbocycles. The maximum Gasteiger partial charge on any atom is 0.437 e. The minimum atomic E-state index is -5.45. The number of ketones is 1. The summed E-state index contributed by atoms with van der Waals surface area (Å²) in [4.78, 5) is 25.3. The molecule has 2 amide bonds. The predicted molar refractivity (Wildman–Crippen MR) is 114 cm³/mol. The van der Waals surface area contributed by atoms with Crippen LogP contribution in [0.25, 0.3) is 11.3 Å². The number of carbonyl (C=O) groups is 2. The normalized spacial score (nSPS) is 22.7. The van der Waals surface area contributed by atoms with Gasteiger partial charge in [0.25, 0.3) is 0 Å². The van der Waals surface area contributed by atoms with Gasteiger partial charge in [0, 0.05) is 16.1 Å². The van der Waals surface area contributed by atoms with Crippen LogP contribution in [0, 0.1) is 11.7 Å². The Morgan fingerprint density at radius 3 is 2.35 bits per heavy atom. The van der Waals surface area contributed by atoms with Crippen LogP contribution in [0.3, 0.4) is 0 Å². The number of carbonyl (C=O) groups excluding carboxylic acids is 2. The first kappa shape index (κ1) is 24.1. The average Bonchev–Trinajstić information content (AvgIpc) is 3.22. The Bertz CT molecular complexity index is 1260. The molecule has 0 bridgehead atoms. The number of urea groups is 1. The monoisotopic (exact) mass is 516 g/mol. The maximum absolute atomic E-state index is 14.0. The second-order valence-corrected chi connectivity index (χ2v) is 8.36. The summed E-state index contributed by atoms with van der Waals surface area (Å²) in [5, 5.41) is 14.7. The molecule has 1 aromatic heterocycles. The fourth-order valence-corrected chi connectivity index (χ4v) is 4.23. The standard InChI is InChI=1S/C22H14Cl2F4N2O4/c23-11-3-6-13(14(24)9-11)15-7-8-16(34-15)18-17(19(31)10-1-4-12(25)5-2-10)21(33,22(26,27)28)30-20(32)29-18/h1-9,17-18,33H,(H2,29,30,32)/t17-,18-,21+/m0/s1. The van der Waals surface area contributed by atoms with Gasteiger partial charge in [-0.15, -0.1) is 0 Å². The summed E-state index contributed by atoms with van der Waals surface area (Å²) in [6.45, 7) is 0. The highest BCUT2D eigenvalue weighted by Crippen LogP contribution is 2.45. The van der Waals surface area contributed by atoms with Crippen molar-refractivity contribution in [1.82, 2.24) is 10.6 Å². The summed E-state index contributed by atoms with van der Waals surface area (Å²) in [5.74, 6) is -4.38. The third kappa shape index (κ3) is 4.24. The zero-order valence-corrected chi connectivity index (χ0v) is 18.3. The van der Waals surface area contributed by atoms with Crippen molar-refractivity contribution in [2.45, 2.75) is 17.9 Å². The third-order valence-corrected chi connectivity index (χ3v) is 5.90. The van der Waals surface area contributed by atoms with Gasteiger partial charge in [0.15, 0.2) is 5.78 Å². The van der Waals surface area contributed by atoms with E-state index < -0.39 is 41.5 Å². The van der Waals surface area contributed by atoms with Crippen LogP contribution in [0.1, 0.15) is 22.2 Å². The van der Waals surface area contributed by atoms with E-state index in [9.17, 15) is 32.3 Å². The first-order chi connectivity index (χ1) is 15.9. The van der Waals surface area contributed by atoms with Crippen molar-refractivity contribution in [3.8, 4) is 11.3 Å². The maximum atomic E-state index is 14.0. The van der Waals surface area contributed by atoms with Gasteiger partial charge in [0.2, 0.25) is 5.72 Å². The molecule has 1 aliphatic heterocycles. The number of rotatable bonds is 4. The molecule has 3 aromatic rings. The number of nitrogens with one attached hydrogen (secondary N) is 2. The van der Waals surface area contributed by atoms with Crippen LogP contribution in [0.4, 0.5) is 22.4 Å². The van der Waals surface area contributed by atoms with Gasteiger partial charge < -0.3 is 20.2 Å². The van der Waals surface area contributed by atoms with Crippen molar-refractivity contribution in [2.24, 2.45) is 5.92 Å². The molecule has 34 heavy (non-hydrogen) atoms. The molecule has 0 unspecified atom stereocenters. The van der Waals surface area contributed by atoms with Crippen molar-refractivity contribution in [3.05, 3.63) is 81.8 Å². The third-order valence-electron chi connectivity index (χ3n) is 5.35. The van der Waals surface area contributed by atoms with Crippen LogP contribution in [-0.2, 0) is 0 Å². The lowest BCUT2D eigenvalue weighted by Crippen LogP contribution is -2.72. The summed E-state index contributed by atoms with van der Waals surface area (Å²) < 4.78 is 60.9. The first-order valence-corrected chi connectivity index (χ1v) is 10.4. The fraction of sp³-hybridized carbons (Fsp3) is 0.182. The molecule has 2 heterocycles. The van der Waals surface area contributed by atoms with E-state index in [0.717, 1.165) is 24.3 Å². The number of hydrogen-bond donors (Lipinski definition) is 3. The highest BCUT2D eigenvalue weighted by atomic mass is 35.5. The minimum Gasteiger partial charge on any atom is -0.459 e. The van der Waals surface area contributed by atoms with Crippen molar-refractivity contribution in [2.75, 3.05) is 0 Å². The number of alkyl halides is 3. The number of halogens is 6. The summed E-state index contributed by atoms with van der Waals surface area (Å²) in [5.41, 5.74) is -3.91. The molecule has 4 rings (SSSR count). The number of furan rings is 1. The molecule has 1 fully saturated rings. The largest absolute Gasteiger partial charge is 0.459 e. The molecule has 0 spiro atoms. The van der Waals surface area contributed by atoms with Gasteiger partial charge in [0.05, 0.1) is 5.02 Å². The van der Waals surface area contributed by atoms with E-state index in [0.29, 0.717) is 10.6 Å². The smallest absolute Gasteiger partial charge is 0.437 e. The summed E-state index contributed by atoms with van der Waals surface area (Å²) >= 11 is 12.0. The van der Waals surface area contributed by atoms with E-state index in [-0.39, 0.29) is 22.1 Å². The zero-order valence-electron chi connectivity index (χ0n) is 16.8. The lowest BCUT2D eigenvalue weighted by atomic mass is 9.79. The van der Waals surface area contributed by atoms with Crippen molar-refractivity contribution in [3.63, 3.8) is 0 Å². The van der Waals surface area contributed by atoms with E-state index in [1.165, 1.54) is 35.6 Å². The summed E-state index contributed by atoms with van der Waals surface area (Å²) in [6.07, 6.45) is -5.45. The molecule has 1 aliphatic rings. The van der Waals surface area contributed by atoms with Crippen LogP contribution in [0.5, 0.6) is 0 Å². The molecule has 0 saturated carbocycles. The predicted octanol–water partition coefficient (Wildman–Crippen LogP) is 5.50. The zero-order chi connectivity index (χ0) is 24.8. The second-order valence-electron chi connectivity index (χ2n) is 7.52. The Morgan fingerprint density at radius 2 is 1.74 bits per heavy atom. The molecular weight excluding hydrogens is 503 g/mol. The lowest BCUT2D eigenvalue weighted by molar-refractivity contribution is -0.288. The van der Waals surface area contributed by atoms with Crippen LogP contribution in [0.15, 0.2) is 59.0 Å². The van der Waals surface area contributed by atoms with Gasteiger partial charge in [-0.1, -0.05) is 23.2 Å². The number of Topliss-reactive ketones (excluding diaryl/α,β-unsaturated/α-hetero) is 1. The van der Waals surface area contributed by atoms with Crippen LogP contribution in [0.2, 0.25) is 10.0 Å². The van der Waals surface area contributed by atoms with E-state index >= 15 is 0 Å². The van der Waals surface area contributed by atoms with Crippen molar-refractivity contribution in [1.29, 1.82) is 0 Å². The van der Waals surface area contributed by atoms with E-state index in [1.807, 2.05) is 0 Å². The number of benzene rings is 2. The number of amides is 2. The van der Waals surface area contributed by atoms with Gasteiger partial charge in [-0.05, 0) is 54.6 Å². The summed E-state index contributed by atoms with van der Waals surface area (Å²) in [6, 6.07) is 7.69.